The van der Waals surface area contributed by atoms with Crippen LogP contribution in [0.2, 0.25) is 0 Å². The fraction of sp³-hybridized carbons (Fsp3) is 0.765. The second-order valence-corrected chi connectivity index (χ2v) is 7.58. The van der Waals surface area contributed by atoms with Crippen LogP contribution in [0, 0.1) is 11.8 Å². The number of rotatable bonds is 5. The van der Waals surface area contributed by atoms with Gasteiger partial charge in [-0.05, 0) is 30.2 Å². The van der Waals surface area contributed by atoms with Gasteiger partial charge in [-0.2, -0.15) is 0 Å². The van der Waals surface area contributed by atoms with Crippen molar-refractivity contribution in [2.75, 3.05) is 13.1 Å². The highest BCUT2D eigenvalue weighted by atomic mass is 32.1. The fourth-order valence-electron chi connectivity index (χ4n) is 3.24. The Hall–Kier alpha value is -0.380. The van der Waals surface area contributed by atoms with Crippen LogP contribution < -0.4 is 5.32 Å². The lowest BCUT2D eigenvalue weighted by Gasteiger charge is -2.46. The lowest BCUT2D eigenvalue weighted by molar-refractivity contribution is 0.0500. The minimum atomic E-state index is 0.538. The first kappa shape index (κ1) is 16.0. The van der Waals surface area contributed by atoms with Crippen LogP contribution in [0.15, 0.2) is 17.5 Å². The van der Waals surface area contributed by atoms with Crippen molar-refractivity contribution in [3.63, 3.8) is 0 Å². The van der Waals surface area contributed by atoms with E-state index in [4.69, 9.17) is 0 Å². The van der Waals surface area contributed by atoms with Gasteiger partial charge >= 0.3 is 0 Å². The summed E-state index contributed by atoms with van der Waals surface area (Å²) in [4.78, 5) is 4.24. The summed E-state index contributed by atoms with van der Waals surface area (Å²) in [6.07, 6.45) is 1.26. The van der Waals surface area contributed by atoms with Crippen LogP contribution in [0.3, 0.4) is 0 Å². The Kier molecular flexibility index (Phi) is 5.65. The van der Waals surface area contributed by atoms with Crippen LogP contribution in [-0.2, 0) is 0 Å². The Morgan fingerprint density at radius 2 is 2.10 bits per heavy atom. The third-order valence-corrected chi connectivity index (χ3v) is 6.02. The van der Waals surface area contributed by atoms with Crippen LogP contribution in [0.5, 0.6) is 0 Å². The summed E-state index contributed by atoms with van der Waals surface area (Å²) in [6.45, 7) is 14.1. The molecule has 1 aromatic rings. The fourth-order valence-corrected chi connectivity index (χ4v) is 4.04. The first-order valence-electron chi connectivity index (χ1n) is 8.07. The molecule has 3 heteroatoms. The van der Waals surface area contributed by atoms with Gasteiger partial charge in [0.2, 0.25) is 0 Å². The van der Waals surface area contributed by atoms with Gasteiger partial charge in [-0.1, -0.05) is 40.2 Å². The molecule has 2 nitrogen and oxygen atoms in total. The minimum absolute atomic E-state index is 0.538. The van der Waals surface area contributed by atoms with Crippen LogP contribution in [0.25, 0.3) is 0 Å². The van der Waals surface area contributed by atoms with Gasteiger partial charge in [-0.25, -0.2) is 0 Å². The average molecular weight is 295 g/mol. The normalized spacial score (nSPS) is 27.7. The molecular formula is C17H30N2S. The molecule has 114 valence electrons. The highest BCUT2D eigenvalue weighted by Gasteiger charge is 2.34. The molecule has 2 rings (SSSR count). The van der Waals surface area contributed by atoms with Crippen molar-refractivity contribution in [2.45, 2.75) is 59.2 Å². The molecule has 0 amide bonds. The van der Waals surface area contributed by atoms with E-state index in [0.717, 1.165) is 12.5 Å². The topological polar surface area (TPSA) is 15.3 Å². The third kappa shape index (κ3) is 3.44. The van der Waals surface area contributed by atoms with Gasteiger partial charge in [0, 0.05) is 36.1 Å². The van der Waals surface area contributed by atoms with Gasteiger partial charge < -0.3 is 5.32 Å². The molecule has 0 aliphatic carbocycles. The van der Waals surface area contributed by atoms with Crippen molar-refractivity contribution in [1.29, 1.82) is 0 Å². The van der Waals surface area contributed by atoms with Crippen molar-refractivity contribution in [1.82, 2.24) is 10.2 Å². The van der Waals surface area contributed by atoms with Gasteiger partial charge in [0.05, 0.1) is 0 Å². The molecule has 1 aliphatic rings. The first-order valence-corrected chi connectivity index (χ1v) is 8.95. The Balaban J connectivity index is 2.14. The van der Waals surface area contributed by atoms with Crippen molar-refractivity contribution < 1.29 is 0 Å². The van der Waals surface area contributed by atoms with Crippen molar-refractivity contribution >= 4 is 11.3 Å². The summed E-state index contributed by atoms with van der Waals surface area (Å²) < 4.78 is 0. The maximum Gasteiger partial charge on any atom is 0.0417 e. The van der Waals surface area contributed by atoms with E-state index in [-0.39, 0.29) is 0 Å². The highest BCUT2D eigenvalue weighted by molar-refractivity contribution is 7.10. The van der Waals surface area contributed by atoms with Crippen LogP contribution in [0.4, 0.5) is 0 Å². The van der Waals surface area contributed by atoms with Crippen LogP contribution >= 0.6 is 11.3 Å². The summed E-state index contributed by atoms with van der Waals surface area (Å²) in [5.41, 5.74) is 0. The minimum Gasteiger partial charge on any atom is -0.311 e. The zero-order valence-corrected chi connectivity index (χ0v) is 14.4. The molecule has 2 heterocycles. The average Bonchev–Trinajstić information content (AvgIpc) is 2.99. The molecule has 1 aromatic heterocycles. The highest BCUT2D eigenvalue weighted by Crippen LogP contribution is 2.31. The molecule has 0 bridgehead atoms. The van der Waals surface area contributed by atoms with Crippen LogP contribution in [0.1, 0.15) is 52.0 Å². The molecule has 1 aliphatic heterocycles. The SMILES string of the molecule is CCC(C)C1CN(C(C)c2cccs2)C(C(C)C)CN1. The smallest absolute Gasteiger partial charge is 0.0417 e. The van der Waals surface area contributed by atoms with Gasteiger partial charge in [0.15, 0.2) is 0 Å². The van der Waals surface area contributed by atoms with E-state index in [0.29, 0.717) is 24.0 Å². The molecular weight excluding hydrogens is 264 g/mol. The zero-order valence-electron chi connectivity index (χ0n) is 13.6. The standard InChI is InChI=1S/C17H30N2S/c1-6-13(4)15-11-19(16(10-18-15)12(2)3)14(5)17-8-7-9-20-17/h7-9,12-16,18H,6,10-11H2,1-5H3. The number of hydrogen-bond acceptors (Lipinski definition) is 3. The predicted molar refractivity (Wildman–Crippen MR) is 89.3 cm³/mol. The zero-order chi connectivity index (χ0) is 14.7. The van der Waals surface area contributed by atoms with Gasteiger partial charge in [0.1, 0.15) is 0 Å². The monoisotopic (exact) mass is 294 g/mol. The van der Waals surface area contributed by atoms with E-state index in [1.54, 1.807) is 0 Å². The van der Waals surface area contributed by atoms with Crippen LogP contribution in [-0.4, -0.2) is 30.1 Å². The quantitative estimate of drug-likeness (QED) is 0.877. The maximum absolute atomic E-state index is 3.79. The molecule has 1 saturated heterocycles. The lowest BCUT2D eigenvalue weighted by atomic mass is 9.91. The maximum atomic E-state index is 3.79. The van der Waals surface area contributed by atoms with E-state index in [2.05, 4.69) is 62.3 Å². The van der Waals surface area contributed by atoms with Crippen molar-refractivity contribution in [3.8, 4) is 0 Å². The molecule has 1 fully saturated rings. The van der Waals surface area contributed by atoms with Gasteiger partial charge in [0.25, 0.3) is 0 Å². The molecule has 0 aromatic carbocycles. The molecule has 20 heavy (non-hydrogen) atoms. The largest absolute Gasteiger partial charge is 0.311 e. The molecule has 0 saturated carbocycles. The molecule has 0 radical (unpaired) electrons. The number of nitrogens with one attached hydrogen (secondary N) is 1. The summed E-state index contributed by atoms with van der Waals surface area (Å²) in [5, 5.41) is 5.99. The van der Waals surface area contributed by atoms with E-state index in [1.165, 1.54) is 17.8 Å². The second-order valence-electron chi connectivity index (χ2n) is 6.60. The first-order chi connectivity index (χ1) is 9.54. The summed E-state index contributed by atoms with van der Waals surface area (Å²) in [7, 11) is 0. The second kappa shape index (κ2) is 7.06. The summed E-state index contributed by atoms with van der Waals surface area (Å²) in [5.74, 6) is 1.45. The number of piperazine rings is 1. The number of nitrogens with zero attached hydrogens (tertiary/aromatic N) is 1. The van der Waals surface area contributed by atoms with Crippen molar-refractivity contribution in [2.24, 2.45) is 11.8 Å². The lowest BCUT2D eigenvalue weighted by Crippen LogP contribution is -2.60. The Morgan fingerprint density at radius 1 is 1.35 bits per heavy atom. The summed E-state index contributed by atoms with van der Waals surface area (Å²) >= 11 is 1.89. The third-order valence-electron chi connectivity index (χ3n) is 4.98. The predicted octanol–water partition coefficient (Wildman–Crippen LogP) is 4.15. The van der Waals surface area contributed by atoms with E-state index < -0.39 is 0 Å². The molecule has 1 N–H and O–H groups in total. The molecule has 4 unspecified atom stereocenters. The van der Waals surface area contributed by atoms with E-state index in [1.807, 2.05) is 11.3 Å². The van der Waals surface area contributed by atoms with E-state index in [9.17, 15) is 0 Å². The van der Waals surface area contributed by atoms with Crippen molar-refractivity contribution in [3.05, 3.63) is 22.4 Å². The Labute approximate surface area is 128 Å². The number of thiophene rings is 1. The Morgan fingerprint density at radius 3 is 2.65 bits per heavy atom. The van der Waals surface area contributed by atoms with E-state index >= 15 is 0 Å². The summed E-state index contributed by atoms with van der Waals surface area (Å²) in [6, 6.07) is 6.28. The molecule has 0 spiro atoms. The Bertz CT molecular complexity index is 388. The van der Waals surface area contributed by atoms with Gasteiger partial charge in [-0.3, -0.25) is 4.90 Å². The van der Waals surface area contributed by atoms with Gasteiger partial charge in [-0.15, -0.1) is 11.3 Å². The number of hydrogen-bond donors (Lipinski definition) is 1. The molecule has 4 atom stereocenters.